The van der Waals surface area contributed by atoms with Crippen molar-refractivity contribution >= 4 is 16.6 Å². The molecule has 0 aliphatic carbocycles. The summed E-state index contributed by atoms with van der Waals surface area (Å²) in [4.78, 5) is 9.57. The lowest BCUT2D eigenvalue weighted by molar-refractivity contribution is -0.385. The summed E-state index contributed by atoms with van der Waals surface area (Å²) in [6, 6.07) is 10.7. The van der Waals surface area contributed by atoms with E-state index in [0.29, 0.717) is 16.6 Å². The molecule has 176 valence electrons. The Bertz CT molecular complexity index is 1360. The second kappa shape index (κ2) is 8.04. The number of nitro groups is 1. The number of ether oxygens (including phenoxy) is 1. The molecule has 4 rings (SSSR count). The molecule has 0 unspecified atom stereocenters. The molecular formula is C22H11F7N2O3. The van der Waals surface area contributed by atoms with E-state index in [2.05, 4.69) is 0 Å². The van der Waals surface area contributed by atoms with Gasteiger partial charge >= 0.3 is 12.4 Å². The SMILES string of the molecule is O=[N+]([O-])c1cc(C(F)(F)F)c(Oc2ccc3c(ccn3-c3ccc(F)cc3)c2)c(C(F)(F)F)c1. The third-order valence-corrected chi connectivity index (χ3v) is 4.88. The van der Waals surface area contributed by atoms with Crippen LogP contribution >= 0.6 is 0 Å². The minimum atomic E-state index is -5.36. The Labute approximate surface area is 185 Å². The van der Waals surface area contributed by atoms with Crippen molar-refractivity contribution in [2.45, 2.75) is 12.4 Å². The maximum absolute atomic E-state index is 13.5. The van der Waals surface area contributed by atoms with Crippen molar-refractivity contribution in [3.05, 3.63) is 93.9 Å². The number of halogens is 7. The quantitative estimate of drug-likeness (QED) is 0.171. The number of alkyl halides is 6. The highest BCUT2D eigenvalue weighted by Gasteiger charge is 2.44. The topological polar surface area (TPSA) is 57.3 Å². The van der Waals surface area contributed by atoms with E-state index < -0.39 is 45.7 Å². The van der Waals surface area contributed by atoms with Crippen LogP contribution in [0.5, 0.6) is 11.5 Å². The van der Waals surface area contributed by atoms with Crippen LogP contribution in [0.2, 0.25) is 0 Å². The lowest BCUT2D eigenvalue weighted by Gasteiger charge is -2.19. The first-order valence-corrected chi connectivity index (χ1v) is 9.36. The fraction of sp³-hybridized carbons (Fsp3) is 0.0909. The number of fused-ring (bicyclic) bond motifs is 1. The van der Waals surface area contributed by atoms with E-state index in [9.17, 15) is 40.8 Å². The number of nitrogens with zero attached hydrogens (tertiary/aromatic N) is 2. The minimum absolute atomic E-state index is 0.00584. The highest BCUT2D eigenvalue weighted by molar-refractivity contribution is 5.83. The van der Waals surface area contributed by atoms with Gasteiger partial charge in [-0.25, -0.2) is 4.39 Å². The molecule has 0 aliphatic heterocycles. The molecule has 1 aromatic heterocycles. The van der Waals surface area contributed by atoms with Gasteiger partial charge < -0.3 is 9.30 Å². The lowest BCUT2D eigenvalue weighted by Crippen LogP contribution is -2.15. The van der Waals surface area contributed by atoms with Crippen molar-refractivity contribution in [2.24, 2.45) is 0 Å². The van der Waals surface area contributed by atoms with Gasteiger partial charge in [0, 0.05) is 29.4 Å². The minimum Gasteiger partial charge on any atom is -0.456 e. The Morgan fingerprint density at radius 2 is 1.41 bits per heavy atom. The zero-order chi connectivity index (χ0) is 24.8. The highest BCUT2D eigenvalue weighted by Crippen LogP contribution is 2.48. The first-order chi connectivity index (χ1) is 15.8. The van der Waals surface area contributed by atoms with Crippen LogP contribution in [0.1, 0.15) is 11.1 Å². The molecule has 34 heavy (non-hydrogen) atoms. The Morgan fingerprint density at radius 3 is 1.94 bits per heavy atom. The first kappa shape index (κ1) is 23.1. The summed E-state index contributed by atoms with van der Waals surface area (Å²) in [5.74, 6) is -2.41. The van der Waals surface area contributed by atoms with Crippen LogP contribution < -0.4 is 4.74 Å². The predicted molar refractivity (Wildman–Crippen MR) is 106 cm³/mol. The fourth-order valence-corrected chi connectivity index (χ4v) is 3.38. The smallest absolute Gasteiger partial charge is 0.420 e. The molecule has 4 aromatic rings. The second-order valence-corrected chi connectivity index (χ2v) is 7.11. The van der Waals surface area contributed by atoms with E-state index in [1.54, 1.807) is 10.8 Å². The summed E-state index contributed by atoms with van der Waals surface area (Å²) in [5.41, 5.74) is -4.15. The summed E-state index contributed by atoms with van der Waals surface area (Å²) in [5, 5.41) is 11.3. The van der Waals surface area contributed by atoms with Gasteiger partial charge in [0.05, 0.1) is 10.4 Å². The molecule has 0 N–H and O–H groups in total. The van der Waals surface area contributed by atoms with Gasteiger partial charge in [-0.2, -0.15) is 26.3 Å². The summed E-state index contributed by atoms with van der Waals surface area (Å²) >= 11 is 0. The van der Waals surface area contributed by atoms with Crippen LogP contribution in [0.4, 0.5) is 36.4 Å². The van der Waals surface area contributed by atoms with Gasteiger partial charge in [0.15, 0.2) is 5.75 Å². The van der Waals surface area contributed by atoms with Gasteiger partial charge in [-0.1, -0.05) is 0 Å². The van der Waals surface area contributed by atoms with Crippen LogP contribution in [0, 0.1) is 15.9 Å². The molecule has 5 nitrogen and oxygen atoms in total. The standard InChI is InChI=1S/C22H11F7N2O3/c23-13-1-3-14(4-2-13)30-8-7-12-9-16(5-6-19(12)30)34-20-17(21(24,25)26)10-15(31(32)33)11-18(20)22(27,28)29/h1-11H. The summed E-state index contributed by atoms with van der Waals surface area (Å²) in [7, 11) is 0. The molecule has 0 spiro atoms. The number of aromatic nitrogens is 1. The van der Waals surface area contributed by atoms with E-state index in [1.165, 1.54) is 42.5 Å². The number of hydrogen-bond acceptors (Lipinski definition) is 3. The highest BCUT2D eigenvalue weighted by atomic mass is 19.4. The van der Waals surface area contributed by atoms with Crippen molar-refractivity contribution in [1.82, 2.24) is 4.57 Å². The first-order valence-electron chi connectivity index (χ1n) is 9.36. The van der Waals surface area contributed by atoms with Gasteiger partial charge in [-0.05, 0) is 48.5 Å². The van der Waals surface area contributed by atoms with Crippen molar-refractivity contribution in [1.29, 1.82) is 0 Å². The average molecular weight is 484 g/mol. The maximum Gasteiger partial charge on any atom is 0.420 e. The van der Waals surface area contributed by atoms with E-state index in [-0.39, 0.29) is 17.9 Å². The van der Waals surface area contributed by atoms with E-state index in [4.69, 9.17) is 4.74 Å². The molecule has 1 heterocycles. The Hall–Kier alpha value is -4.09. The van der Waals surface area contributed by atoms with Crippen LogP contribution in [-0.2, 0) is 12.4 Å². The largest absolute Gasteiger partial charge is 0.456 e. The van der Waals surface area contributed by atoms with E-state index >= 15 is 0 Å². The molecule has 3 aromatic carbocycles. The van der Waals surface area contributed by atoms with Crippen molar-refractivity contribution in [3.63, 3.8) is 0 Å². The van der Waals surface area contributed by atoms with Crippen LogP contribution in [-0.4, -0.2) is 9.49 Å². The number of nitro benzene ring substituents is 1. The lowest BCUT2D eigenvalue weighted by atomic mass is 10.1. The molecule has 0 saturated heterocycles. The number of hydrogen-bond donors (Lipinski definition) is 0. The molecule has 0 aliphatic rings. The number of non-ortho nitro benzene ring substituents is 1. The van der Waals surface area contributed by atoms with Crippen molar-refractivity contribution in [2.75, 3.05) is 0 Å². The Balaban J connectivity index is 1.82. The van der Waals surface area contributed by atoms with Gasteiger partial charge in [-0.3, -0.25) is 10.1 Å². The molecule has 0 atom stereocenters. The van der Waals surface area contributed by atoms with E-state index in [1.807, 2.05) is 0 Å². The molecule has 0 radical (unpaired) electrons. The summed E-state index contributed by atoms with van der Waals surface area (Å²) in [6.45, 7) is 0. The zero-order valence-electron chi connectivity index (χ0n) is 16.6. The average Bonchev–Trinajstić information content (AvgIpc) is 3.16. The van der Waals surface area contributed by atoms with E-state index in [0.717, 1.165) is 6.07 Å². The molecule has 0 amide bonds. The van der Waals surface area contributed by atoms with Crippen LogP contribution in [0.15, 0.2) is 66.9 Å². The monoisotopic (exact) mass is 484 g/mol. The molecule has 12 heteroatoms. The Morgan fingerprint density at radius 1 is 0.824 bits per heavy atom. The molecular weight excluding hydrogens is 473 g/mol. The number of rotatable bonds is 4. The zero-order valence-corrected chi connectivity index (χ0v) is 16.6. The Kier molecular flexibility index (Phi) is 5.46. The van der Waals surface area contributed by atoms with Gasteiger partial charge in [0.2, 0.25) is 0 Å². The summed E-state index contributed by atoms with van der Waals surface area (Å²) in [6.07, 6.45) is -9.15. The van der Waals surface area contributed by atoms with Gasteiger partial charge in [0.1, 0.15) is 22.7 Å². The maximum atomic E-state index is 13.5. The fourth-order valence-electron chi connectivity index (χ4n) is 3.38. The third-order valence-electron chi connectivity index (χ3n) is 4.88. The molecule has 0 saturated carbocycles. The third kappa shape index (κ3) is 4.38. The number of benzene rings is 3. The normalized spacial score (nSPS) is 12.2. The predicted octanol–water partition coefficient (Wildman–Crippen LogP) is 7.51. The van der Waals surface area contributed by atoms with Gasteiger partial charge in [-0.15, -0.1) is 0 Å². The molecule has 0 bridgehead atoms. The summed E-state index contributed by atoms with van der Waals surface area (Å²) < 4.78 is 101. The van der Waals surface area contributed by atoms with Crippen LogP contribution in [0.3, 0.4) is 0 Å². The van der Waals surface area contributed by atoms with Crippen molar-refractivity contribution < 1.29 is 40.4 Å². The van der Waals surface area contributed by atoms with Crippen molar-refractivity contribution in [3.8, 4) is 17.2 Å². The van der Waals surface area contributed by atoms with Gasteiger partial charge in [0.25, 0.3) is 5.69 Å². The molecule has 0 fully saturated rings. The second-order valence-electron chi connectivity index (χ2n) is 7.11. The van der Waals surface area contributed by atoms with Crippen LogP contribution in [0.25, 0.3) is 16.6 Å².